The maximum absolute atomic E-state index is 12.7. The van der Waals surface area contributed by atoms with Gasteiger partial charge in [0.05, 0.1) is 11.3 Å². The highest BCUT2D eigenvalue weighted by Gasteiger charge is 2.18. The average Bonchev–Trinajstić information content (AvgIpc) is 3.08. The Morgan fingerprint density at radius 1 is 1.35 bits per heavy atom. The van der Waals surface area contributed by atoms with E-state index in [-0.39, 0.29) is 17.7 Å². The van der Waals surface area contributed by atoms with Crippen LogP contribution in [0.25, 0.3) is 0 Å². The third kappa shape index (κ3) is 5.05. The zero-order valence-corrected chi connectivity index (χ0v) is 16.1. The van der Waals surface area contributed by atoms with Gasteiger partial charge in [0.1, 0.15) is 0 Å². The summed E-state index contributed by atoms with van der Waals surface area (Å²) in [6.07, 6.45) is 0.786. The van der Waals surface area contributed by atoms with Gasteiger partial charge in [-0.15, -0.1) is 0 Å². The molecule has 1 aromatic carbocycles. The van der Waals surface area contributed by atoms with Gasteiger partial charge in [-0.3, -0.25) is 9.59 Å². The number of hydrogen-bond donors (Lipinski definition) is 1. The predicted molar refractivity (Wildman–Crippen MR) is 99.4 cm³/mol. The number of anilines is 1. The molecule has 1 heterocycles. The van der Waals surface area contributed by atoms with Crippen LogP contribution in [-0.4, -0.2) is 40.4 Å². The second kappa shape index (κ2) is 8.80. The highest BCUT2D eigenvalue weighted by atomic mass is 35.5. The second-order valence-electron chi connectivity index (χ2n) is 6.27. The van der Waals surface area contributed by atoms with E-state index in [2.05, 4.69) is 15.5 Å². The lowest BCUT2D eigenvalue weighted by atomic mass is 10.1. The van der Waals surface area contributed by atoms with Crippen molar-refractivity contribution < 1.29 is 14.1 Å². The highest BCUT2D eigenvalue weighted by molar-refractivity contribution is 6.31. The van der Waals surface area contributed by atoms with E-state index in [4.69, 9.17) is 16.1 Å². The molecule has 2 aromatic rings. The molecular formula is C18H23ClN4O3. The van der Waals surface area contributed by atoms with Gasteiger partial charge < -0.3 is 14.7 Å². The SMILES string of the molecule is CCC(=O)Nc1cc(Cl)ccc1C(=O)N(C)CCc1noc(C(C)C)n1. The summed E-state index contributed by atoms with van der Waals surface area (Å²) >= 11 is 5.99. The van der Waals surface area contributed by atoms with Gasteiger partial charge in [0, 0.05) is 37.4 Å². The lowest BCUT2D eigenvalue weighted by Crippen LogP contribution is -2.30. The molecule has 8 heteroatoms. The third-order valence-electron chi connectivity index (χ3n) is 3.80. The van der Waals surface area contributed by atoms with Gasteiger partial charge in [0.25, 0.3) is 5.91 Å². The van der Waals surface area contributed by atoms with Gasteiger partial charge in [-0.25, -0.2) is 0 Å². The van der Waals surface area contributed by atoms with Crippen molar-refractivity contribution >= 4 is 29.1 Å². The summed E-state index contributed by atoms with van der Waals surface area (Å²) in [5.74, 6) is 0.896. The normalized spacial score (nSPS) is 10.8. The van der Waals surface area contributed by atoms with Crippen LogP contribution in [0.2, 0.25) is 5.02 Å². The number of likely N-dealkylation sites (N-methyl/N-ethyl adjacent to an activating group) is 1. The summed E-state index contributed by atoms with van der Waals surface area (Å²) in [5, 5.41) is 7.09. The maximum atomic E-state index is 12.7. The van der Waals surface area contributed by atoms with E-state index in [1.807, 2.05) is 13.8 Å². The molecule has 0 saturated heterocycles. The van der Waals surface area contributed by atoms with Gasteiger partial charge in [-0.05, 0) is 18.2 Å². The largest absolute Gasteiger partial charge is 0.341 e. The number of aromatic nitrogens is 2. The number of nitrogens with zero attached hydrogens (tertiary/aromatic N) is 3. The van der Waals surface area contributed by atoms with Crippen molar-refractivity contribution in [2.45, 2.75) is 39.5 Å². The molecule has 0 aliphatic heterocycles. The van der Waals surface area contributed by atoms with Crippen LogP contribution in [0.5, 0.6) is 0 Å². The molecule has 0 unspecified atom stereocenters. The van der Waals surface area contributed by atoms with Gasteiger partial charge in [0.15, 0.2) is 5.82 Å². The number of carbonyl (C=O) groups excluding carboxylic acids is 2. The van der Waals surface area contributed by atoms with Crippen molar-refractivity contribution in [1.29, 1.82) is 0 Å². The number of rotatable bonds is 7. The van der Waals surface area contributed by atoms with Crippen molar-refractivity contribution in [3.05, 3.63) is 40.5 Å². The first-order valence-corrected chi connectivity index (χ1v) is 8.87. The minimum absolute atomic E-state index is 0.161. The topological polar surface area (TPSA) is 88.3 Å². The average molecular weight is 379 g/mol. The van der Waals surface area contributed by atoms with Crippen LogP contribution < -0.4 is 5.32 Å². The first kappa shape index (κ1) is 19.9. The standard InChI is InChI=1S/C18H23ClN4O3/c1-5-16(24)20-14-10-12(19)6-7-13(14)18(25)23(4)9-8-15-21-17(11(2)3)26-22-15/h6-7,10-11H,5,8-9H2,1-4H3,(H,20,24). The third-order valence-corrected chi connectivity index (χ3v) is 4.04. The Labute approximate surface area is 157 Å². The second-order valence-corrected chi connectivity index (χ2v) is 6.71. The van der Waals surface area contributed by atoms with Crippen LogP contribution in [0.1, 0.15) is 55.2 Å². The lowest BCUT2D eigenvalue weighted by Gasteiger charge is -2.19. The molecule has 140 valence electrons. The van der Waals surface area contributed by atoms with Crippen molar-refractivity contribution in [2.75, 3.05) is 18.9 Å². The van der Waals surface area contributed by atoms with Crippen LogP contribution in [-0.2, 0) is 11.2 Å². The molecule has 7 nitrogen and oxygen atoms in total. The van der Waals surface area contributed by atoms with Gasteiger partial charge in [0.2, 0.25) is 11.8 Å². The van der Waals surface area contributed by atoms with Crippen LogP contribution >= 0.6 is 11.6 Å². The minimum atomic E-state index is -0.222. The molecule has 1 N–H and O–H groups in total. The zero-order valence-electron chi connectivity index (χ0n) is 15.4. The van der Waals surface area contributed by atoms with E-state index in [1.54, 1.807) is 37.1 Å². The smallest absolute Gasteiger partial charge is 0.255 e. The van der Waals surface area contributed by atoms with Crippen molar-refractivity contribution in [2.24, 2.45) is 0 Å². The van der Waals surface area contributed by atoms with Crippen molar-refractivity contribution in [1.82, 2.24) is 15.0 Å². The molecule has 0 aliphatic carbocycles. The molecule has 0 saturated carbocycles. The number of nitrogens with one attached hydrogen (secondary N) is 1. The van der Waals surface area contributed by atoms with Crippen LogP contribution in [0.4, 0.5) is 5.69 Å². The van der Waals surface area contributed by atoms with Crippen molar-refractivity contribution in [3.8, 4) is 0 Å². The summed E-state index contributed by atoms with van der Waals surface area (Å²) in [6, 6.07) is 4.81. The Balaban J connectivity index is 2.08. The Morgan fingerprint density at radius 3 is 2.69 bits per heavy atom. The summed E-state index contributed by atoms with van der Waals surface area (Å²) in [7, 11) is 1.69. The van der Waals surface area contributed by atoms with E-state index >= 15 is 0 Å². The highest BCUT2D eigenvalue weighted by Crippen LogP contribution is 2.23. The number of amides is 2. The monoisotopic (exact) mass is 378 g/mol. The molecule has 0 aliphatic rings. The van der Waals surface area contributed by atoms with Crippen molar-refractivity contribution in [3.63, 3.8) is 0 Å². The van der Waals surface area contributed by atoms with E-state index < -0.39 is 0 Å². The van der Waals surface area contributed by atoms with Crippen LogP contribution in [0, 0.1) is 0 Å². The first-order valence-electron chi connectivity index (χ1n) is 8.49. The molecule has 0 atom stereocenters. The first-order chi connectivity index (χ1) is 12.3. The Bertz CT molecular complexity index is 788. The fraction of sp³-hybridized carbons (Fsp3) is 0.444. The molecule has 1 aromatic heterocycles. The number of hydrogen-bond acceptors (Lipinski definition) is 5. The summed E-state index contributed by atoms with van der Waals surface area (Å²) in [4.78, 5) is 30.3. The van der Waals surface area contributed by atoms with E-state index in [0.29, 0.717) is 47.4 Å². The number of carbonyl (C=O) groups is 2. The molecule has 26 heavy (non-hydrogen) atoms. The maximum Gasteiger partial charge on any atom is 0.255 e. The van der Waals surface area contributed by atoms with Crippen LogP contribution in [0.3, 0.4) is 0 Å². The fourth-order valence-electron chi connectivity index (χ4n) is 2.22. The number of halogens is 1. The van der Waals surface area contributed by atoms with E-state index in [9.17, 15) is 9.59 Å². The quantitative estimate of drug-likeness (QED) is 0.796. The van der Waals surface area contributed by atoms with Gasteiger partial charge in [-0.1, -0.05) is 37.5 Å². The summed E-state index contributed by atoms with van der Waals surface area (Å²) in [5.41, 5.74) is 0.789. The number of benzene rings is 1. The zero-order chi connectivity index (χ0) is 19.3. The molecule has 0 bridgehead atoms. The van der Waals surface area contributed by atoms with E-state index in [1.165, 1.54) is 0 Å². The summed E-state index contributed by atoms with van der Waals surface area (Å²) < 4.78 is 5.17. The fourth-order valence-corrected chi connectivity index (χ4v) is 2.40. The van der Waals surface area contributed by atoms with Gasteiger partial charge in [-0.2, -0.15) is 4.98 Å². The molecule has 0 spiro atoms. The molecule has 0 radical (unpaired) electrons. The molecule has 2 rings (SSSR count). The Hall–Kier alpha value is -2.41. The lowest BCUT2D eigenvalue weighted by molar-refractivity contribution is -0.115. The summed E-state index contributed by atoms with van der Waals surface area (Å²) in [6.45, 7) is 6.10. The predicted octanol–water partition coefficient (Wildman–Crippen LogP) is 3.51. The van der Waals surface area contributed by atoms with E-state index in [0.717, 1.165) is 0 Å². The Morgan fingerprint density at radius 2 is 2.08 bits per heavy atom. The Kier molecular flexibility index (Phi) is 6.74. The van der Waals surface area contributed by atoms with Crippen LogP contribution in [0.15, 0.2) is 22.7 Å². The van der Waals surface area contributed by atoms with Gasteiger partial charge >= 0.3 is 0 Å². The molecule has 2 amide bonds. The minimum Gasteiger partial charge on any atom is -0.341 e. The molecule has 0 fully saturated rings. The molecular weight excluding hydrogens is 356 g/mol.